The lowest BCUT2D eigenvalue weighted by Crippen LogP contribution is -2.22. The molecule has 6 N–H and O–H groups in total. The molecule has 3 aromatic rings. The van der Waals surface area contributed by atoms with E-state index in [4.69, 9.17) is 20.9 Å². The summed E-state index contributed by atoms with van der Waals surface area (Å²) in [5.74, 6) is 0.494. The van der Waals surface area contributed by atoms with Gasteiger partial charge in [0.1, 0.15) is 23.0 Å². The molecule has 3 rings (SSSR count). The van der Waals surface area contributed by atoms with Gasteiger partial charge in [0.2, 0.25) is 0 Å². The zero-order chi connectivity index (χ0) is 19.6. The van der Waals surface area contributed by atoms with Crippen molar-refractivity contribution in [2.45, 2.75) is 0 Å². The first kappa shape index (κ1) is 17.7. The maximum Gasteiger partial charge on any atom is 0.317 e. The number of nitrogens with two attached hydrogens (primary N) is 2. The van der Waals surface area contributed by atoms with Crippen LogP contribution < -0.4 is 26.3 Å². The molecule has 0 radical (unpaired) electrons. The number of nitrogens with zero attached hydrogens (tertiary/aromatic N) is 1. The van der Waals surface area contributed by atoms with E-state index >= 15 is 0 Å². The number of hydrogen-bond acceptors (Lipinski definition) is 6. The highest BCUT2D eigenvalue weighted by atomic mass is 16.5. The molecule has 0 aliphatic heterocycles. The number of rotatable bonds is 6. The van der Waals surface area contributed by atoms with Crippen LogP contribution in [0.25, 0.3) is 10.9 Å². The first-order valence-electron chi connectivity index (χ1n) is 7.64. The van der Waals surface area contributed by atoms with Gasteiger partial charge in [-0.1, -0.05) is 0 Å². The third kappa shape index (κ3) is 3.49. The van der Waals surface area contributed by atoms with Crippen LogP contribution in [0.15, 0.2) is 41.6 Å². The van der Waals surface area contributed by atoms with Crippen LogP contribution in [0.2, 0.25) is 0 Å². The lowest BCUT2D eigenvalue weighted by molar-refractivity contribution is 0.100. The minimum absolute atomic E-state index is 0.102. The highest BCUT2D eigenvalue weighted by molar-refractivity contribution is 6.13. The van der Waals surface area contributed by atoms with Gasteiger partial charge < -0.3 is 25.9 Å². The van der Waals surface area contributed by atoms with Crippen molar-refractivity contribution in [2.75, 3.05) is 12.4 Å². The molecule has 0 aliphatic carbocycles. The Morgan fingerprint density at radius 3 is 2.44 bits per heavy atom. The number of nitrogens with one attached hydrogen (secondary N) is 2. The summed E-state index contributed by atoms with van der Waals surface area (Å²) in [6, 6.07) is 8.57. The number of fused-ring (bicyclic) bond motifs is 1. The van der Waals surface area contributed by atoms with E-state index in [2.05, 4.69) is 15.5 Å². The number of urea groups is 1. The first-order chi connectivity index (χ1) is 12.9. The van der Waals surface area contributed by atoms with Gasteiger partial charge in [0.25, 0.3) is 5.91 Å². The number of amides is 3. The Bertz CT molecular complexity index is 1060. The minimum atomic E-state index is -0.837. The van der Waals surface area contributed by atoms with Crippen LogP contribution in [0.5, 0.6) is 17.2 Å². The number of aromatic amines is 1. The Labute approximate surface area is 152 Å². The van der Waals surface area contributed by atoms with Gasteiger partial charge in [-0.15, -0.1) is 4.91 Å². The molecule has 1 heterocycles. The molecule has 0 aliphatic rings. The summed E-state index contributed by atoms with van der Waals surface area (Å²) in [5.41, 5.74) is 11.3. The second-order valence-electron chi connectivity index (χ2n) is 5.46. The van der Waals surface area contributed by atoms with Crippen molar-refractivity contribution < 1.29 is 19.1 Å². The highest BCUT2D eigenvalue weighted by Gasteiger charge is 2.18. The molecular weight excluding hydrogens is 354 g/mol. The van der Waals surface area contributed by atoms with Crippen LogP contribution in [-0.4, -0.2) is 24.0 Å². The molecule has 0 saturated heterocycles. The number of methoxy groups -OCH3 is 1. The zero-order valence-electron chi connectivity index (χ0n) is 14.1. The Balaban J connectivity index is 1.98. The average Bonchev–Trinajstić information content (AvgIpc) is 2.97. The molecule has 0 saturated carbocycles. The Morgan fingerprint density at radius 2 is 1.81 bits per heavy atom. The summed E-state index contributed by atoms with van der Waals surface area (Å²) in [5, 5.41) is 5.68. The zero-order valence-corrected chi connectivity index (χ0v) is 14.1. The molecule has 0 unspecified atom stereocenters. The molecule has 0 atom stereocenters. The number of aromatic nitrogens is 1. The van der Waals surface area contributed by atoms with Crippen molar-refractivity contribution in [1.82, 2.24) is 4.98 Å². The third-order valence-corrected chi connectivity index (χ3v) is 3.75. The SMILES string of the molecule is COc1cc(Oc2ccc3c(C(N)=O)c(NC(N)=O)[nH]c3c2)ccc1N=O. The van der Waals surface area contributed by atoms with Gasteiger partial charge >= 0.3 is 6.03 Å². The van der Waals surface area contributed by atoms with Gasteiger partial charge in [0, 0.05) is 17.5 Å². The van der Waals surface area contributed by atoms with Gasteiger partial charge in [0.05, 0.1) is 18.2 Å². The molecule has 0 bridgehead atoms. The van der Waals surface area contributed by atoms with Crippen LogP contribution in [0.3, 0.4) is 0 Å². The molecule has 1 aromatic heterocycles. The Morgan fingerprint density at radius 1 is 1.11 bits per heavy atom. The molecule has 27 heavy (non-hydrogen) atoms. The van der Waals surface area contributed by atoms with Crippen LogP contribution in [0, 0.1) is 4.91 Å². The first-order valence-corrected chi connectivity index (χ1v) is 7.64. The van der Waals surface area contributed by atoms with Gasteiger partial charge in [-0.3, -0.25) is 10.1 Å². The van der Waals surface area contributed by atoms with Gasteiger partial charge in [-0.25, -0.2) is 4.79 Å². The van der Waals surface area contributed by atoms with E-state index in [0.717, 1.165) is 0 Å². The summed E-state index contributed by atoms with van der Waals surface area (Å²) in [7, 11) is 1.41. The number of primary amides is 2. The van der Waals surface area contributed by atoms with Crippen molar-refractivity contribution in [3.63, 3.8) is 0 Å². The third-order valence-electron chi connectivity index (χ3n) is 3.75. The van der Waals surface area contributed by atoms with Crippen LogP contribution in [0.4, 0.5) is 16.3 Å². The number of carbonyl (C=O) groups is 2. The van der Waals surface area contributed by atoms with Crippen molar-refractivity contribution in [2.24, 2.45) is 16.6 Å². The quantitative estimate of drug-likeness (QED) is 0.490. The van der Waals surface area contributed by atoms with Crippen molar-refractivity contribution in [3.05, 3.63) is 46.9 Å². The number of carbonyl (C=O) groups excluding carboxylic acids is 2. The van der Waals surface area contributed by atoms with E-state index in [1.54, 1.807) is 24.3 Å². The summed E-state index contributed by atoms with van der Waals surface area (Å²) in [6.45, 7) is 0. The van der Waals surface area contributed by atoms with Crippen LogP contribution >= 0.6 is 0 Å². The predicted octanol–water partition coefficient (Wildman–Crippen LogP) is 2.96. The number of H-pyrrole nitrogens is 1. The van der Waals surface area contributed by atoms with Crippen LogP contribution in [-0.2, 0) is 0 Å². The van der Waals surface area contributed by atoms with Crippen molar-refractivity contribution >= 4 is 34.3 Å². The smallest absolute Gasteiger partial charge is 0.317 e. The summed E-state index contributed by atoms with van der Waals surface area (Å²) in [4.78, 5) is 36.4. The van der Waals surface area contributed by atoms with E-state index in [0.29, 0.717) is 22.4 Å². The fraction of sp³-hybridized carbons (Fsp3) is 0.0588. The second kappa shape index (κ2) is 7.04. The maximum atomic E-state index is 11.7. The summed E-state index contributed by atoms with van der Waals surface area (Å²) < 4.78 is 10.8. The average molecular weight is 369 g/mol. The fourth-order valence-electron chi connectivity index (χ4n) is 2.65. The number of ether oxygens (including phenoxy) is 2. The van der Waals surface area contributed by atoms with E-state index in [1.807, 2.05) is 0 Å². The molecule has 0 fully saturated rings. The number of anilines is 1. The van der Waals surface area contributed by atoms with Gasteiger partial charge in [-0.05, 0) is 29.4 Å². The standard InChI is InChI=1S/C17H15N5O5/c1-26-13-7-9(3-5-11(13)22-25)27-8-2-4-10-12(6-8)20-16(21-17(19)24)14(10)15(18)23/h2-7,20H,1H3,(H2,18,23)(H3,19,21,24). The molecule has 0 spiro atoms. The highest BCUT2D eigenvalue weighted by Crippen LogP contribution is 2.35. The molecular formula is C17H15N5O5. The van der Waals surface area contributed by atoms with Crippen molar-refractivity contribution in [3.8, 4) is 17.2 Å². The van der Waals surface area contributed by atoms with Crippen LogP contribution in [0.1, 0.15) is 10.4 Å². The number of nitroso groups, excluding NO2 is 1. The fourth-order valence-corrected chi connectivity index (χ4v) is 2.65. The lowest BCUT2D eigenvalue weighted by Gasteiger charge is -2.08. The summed E-state index contributed by atoms with van der Waals surface area (Å²) in [6.07, 6.45) is 0. The molecule has 138 valence electrons. The van der Waals surface area contributed by atoms with E-state index in [-0.39, 0.29) is 22.8 Å². The second-order valence-corrected chi connectivity index (χ2v) is 5.46. The lowest BCUT2D eigenvalue weighted by atomic mass is 10.1. The number of hydrogen-bond donors (Lipinski definition) is 4. The summed E-state index contributed by atoms with van der Waals surface area (Å²) >= 11 is 0. The van der Waals surface area contributed by atoms with Gasteiger partial charge in [0.15, 0.2) is 5.75 Å². The predicted molar refractivity (Wildman–Crippen MR) is 98.5 cm³/mol. The number of benzene rings is 2. The maximum absolute atomic E-state index is 11.7. The topological polar surface area (TPSA) is 162 Å². The van der Waals surface area contributed by atoms with Crippen molar-refractivity contribution in [1.29, 1.82) is 0 Å². The molecule has 2 aromatic carbocycles. The van der Waals surface area contributed by atoms with E-state index in [9.17, 15) is 14.5 Å². The largest absolute Gasteiger partial charge is 0.494 e. The minimum Gasteiger partial charge on any atom is -0.494 e. The molecule has 10 heteroatoms. The Hall–Kier alpha value is -4.08. The molecule has 3 amide bonds. The Kier molecular flexibility index (Phi) is 4.62. The normalized spacial score (nSPS) is 10.4. The van der Waals surface area contributed by atoms with E-state index in [1.165, 1.54) is 19.2 Å². The van der Waals surface area contributed by atoms with Gasteiger partial charge in [-0.2, -0.15) is 0 Å². The monoisotopic (exact) mass is 369 g/mol. The van der Waals surface area contributed by atoms with E-state index < -0.39 is 11.9 Å². The molecule has 10 nitrogen and oxygen atoms in total.